The first-order valence-corrected chi connectivity index (χ1v) is 7.52. The second-order valence-electron chi connectivity index (χ2n) is 5.70. The molecule has 8 heteroatoms. The van der Waals surface area contributed by atoms with Crippen molar-refractivity contribution in [2.24, 2.45) is 0 Å². The Morgan fingerprint density at radius 2 is 2.05 bits per heavy atom. The number of morpholine rings is 1. The van der Waals surface area contributed by atoms with Gasteiger partial charge in [-0.25, -0.2) is 0 Å². The maximum absolute atomic E-state index is 11.9. The summed E-state index contributed by atoms with van der Waals surface area (Å²) < 4.78 is 9.98. The Hall–Kier alpha value is -1.93. The van der Waals surface area contributed by atoms with Crippen molar-refractivity contribution in [1.82, 2.24) is 15.4 Å². The molecule has 1 saturated carbocycles. The van der Waals surface area contributed by atoms with E-state index in [0.29, 0.717) is 6.54 Å². The minimum Gasteiger partial charge on any atom is -0.379 e. The van der Waals surface area contributed by atoms with Crippen LogP contribution < -0.4 is 10.6 Å². The van der Waals surface area contributed by atoms with Crippen molar-refractivity contribution < 1.29 is 18.8 Å². The fraction of sp³-hybridized carbons (Fsp3) is 0.643. The van der Waals surface area contributed by atoms with E-state index in [-0.39, 0.29) is 11.4 Å². The number of anilines is 1. The van der Waals surface area contributed by atoms with Gasteiger partial charge < -0.3 is 14.6 Å². The average molecular weight is 308 g/mol. The van der Waals surface area contributed by atoms with Crippen LogP contribution in [0.3, 0.4) is 0 Å². The number of carbonyl (C=O) groups is 2. The van der Waals surface area contributed by atoms with Crippen LogP contribution in [0.4, 0.5) is 5.82 Å². The van der Waals surface area contributed by atoms with Crippen molar-refractivity contribution in [3.05, 3.63) is 12.3 Å². The highest BCUT2D eigenvalue weighted by Gasteiger charge is 2.43. The topological polar surface area (TPSA) is 96.7 Å². The molecule has 0 radical (unpaired) electrons. The second kappa shape index (κ2) is 6.45. The van der Waals surface area contributed by atoms with E-state index in [1.165, 1.54) is 12.3 Å². The Labute approximate surface area is 128 Å². The van der Waals surface area contributed by atoms with Gasteiger partial charge in [0.15, 0.2) is 5.82 Å². The molecule has 0 aromatic carbocycles. The van der Waals surface area contributed by atoms with Gasteiger partial charge in [0, 0.05) is 31.2 Å². The van der Waals surface area contributed by atoms with Crippen LogP contribution in [0.5, 0.6) is 0 Å². The third-order valence-electron chi connectivity index (χ3n) is 4.43. The zero-order chi connectivity index (χ0) is 15.4. The van der Waals surface area contributed by atoms with Gasteiger partial charge in [0.05, 0.1) is 13.2 Å². The summed E-state index contributed by atoms with van der Waals surface area (Å²) in [5, 5.41) is 8.67. The molecule has 1 aliphatic heterocycles. The normalized spacial score (nSPS) is 20.9. The molecule has 0 bridgehead atoms. The van der Waals surface area contributed by atoms with Gasteiger partial charge in [0.25, 0.3) is 0 Å². The highest BCUT2D eigenvalue weighted by molar-refractivity contribution is 6.39. The summed E-state index contributed by atoms with van der Waals surface area (Å²) in [6.45, 7) is 3.69. The highest BCUT2D eigenvalue weighted by Crippen LogP contribution is 2.37. The Kier molecular flexibility index (Phi) is 4.39. The first-order chi connectivity index (χ1) is 10.7. The van der Waals surface area contributed by atoms with Gasteiger partial charge in [0.2, 0.25) is 0 Å². The number of aromatic nitrogens is 1. The highest BCUT2D eigenvalue weighted by atomic mass is 16.5. The predicted octanol–water partition coefficient (Wildman–Crippen LogP) is -0.0158. The molecule has 0 atom stereocenters. The molecule has 1 aliphatic carbocycles. The van der Waals surface area contributed by atoms with E-state index in [0.717, 1.165) is 45.6 Å². The number of ether oxygens (including phenoxy) is 1. The van der Waals surface area contributed by atoms with Gasteiger partial charge in [-0.1, -0.05) is 5.16 Å². The summed E-state index contributed by atoms with van der Waals surface area (Å²) in [5.41, 5.74) is -0.0202. The summed E-state index contributed by atoms with van der Waals surface area (Å²) in [4.78, 5) is 26.1. The predicted molar refractivity (Wildman–Crippen MR) is 77.1 cm³/mol. The minimum atomic E-state index is -0.731. The second-order valence-corrected chi connectivity index (χ2v) is 5.70. The van der Waals surface area contributed by atoms with Crippen LogP contribution in [0.25, 0.3) is 0 Å². The smallest absolute Gasteiger partial charge is 0.314 e. The zero-order valence-electron chi connectivity index (χ0n) is 12.3. The lowest BCUT2D eigenvalue weighted by Gasteiger charge is -2.51. The van der Waals surface area contributed by atoms with E-state index in [2.05, 4.69) is 25.2 Å². The molecule has 8 nitrogen and oxygen atoms in total. The van der Waals surface area contributed by atoms with E-state index in [1.54, 1.807) is 0 Å². The largest absolute Gasteiger partial charge is 0.379 e. The third-order valence-corrected chi connectivity index (χ3v) is 4.43. The monoisotopic (exact) mass is 308 g/mol. The van der Waals surface area contributed by atoms with Crippen LogP contribution in [-0.2, 0) is 14.3 Å². The van der Waals surface area contributed by atoms with Crippen LogP contribution in [0.1, 0.15) is 19.3 Å². The number of rotatable bonds is 4. The Morgan fingerprint density at radius 1 is 1.27 bits per heavy atom. The fourth-order valence-electron chi connectivity index (χ4n) is 3.00. The number of hydrogen-bond donors (Lipinski definition) is 2. The summed E-state index contributed by atoms with van der Waals surface area (Å²) >= 11 is 0. The van der Waals surface area contributed by atoms with Crippen LogP contribution >= 0.6 is 0 Å². The molecule has 1 aromatic rings. The molecular formula is C14H20N4O4. The van der Waals surface area contributed by atoms with E-state index in [4.69, 9.17) is 4.74 Å². The van der Waals surface area contributed by atoms with Crippen LogP contribution in [-0.4, -0.2) is 60.3 Å². The van der Waals surface area contributed by atoms with Crippen LogP contribution in [0.2, 0.25) is 0 Å². The van der Waals surface area contributed by atoms with Crippen molar-refractivity contribution in [3.8, 4) is 0 Å². The number of nitrogens with zero attached hydrogens (tertiary/aromatic N) is 2. The van der Waals surface area contributed by atoms with E-state index in [9.17, 15) is 9.59 Å². The lowest BCUT2D eigenvalue weighted by molar-refractivity contribution is -0.137. The van der Waals surface area contributed by atoms with Gasteiger partial charge in [-0.2, -0.15) is 0 Å². The molecule has 2 N–H and O–H groups in total. The molecule has 1 saturated heterocycles. The Bertz CT molecular complexity index is 521. The maximum Gasteiger partial charge on any atom is 0.314 e. The van der Waals surface area contributed by atoms with Gasteiger partial charge in [-0.3, -0.25) is 19.8 Å². The van der Waals surface area contributed by atoms with Crippen molar-refractivity contribution in [3.63, 3.8) is 0 Å². The van der Waals surface area contributed by atoms with E-state index in [1.807, 2.05) is 0 Å². The number of amides is 2. The first-order valence-electron chi connectivity index (χ1n) is 7.52. The molecule has 2 amide bonds. The SMILES string of the molecule is O=C(NCC1(N2CCOCC2)CCC1)C(=O)Nc1ccon1. The van der Waals surface area contributed by atoms with Crippen molar-refractivity contribution in [1.29, 1.82) is 0 Å². The number of nitrogens with one attached hydrogen (secondary N) is 2. The summed E-state index contributed by atoms with van der Waals surface area (Å²) in [6, 6.07) is 1.48. The van der Waals surface area contributed by atoms with Gasteiger partial charge >= 0.3 is 11.8 Å². The third kappa shape index (κ3) is 3.12. The van der Waals surface area contributed by atoms with Crippen molar-refractivity contribution >= 4 is 17.6 Å². The quantitative estimate of drug-likeness (QED) is 0.759. The molecule has 22 heavy (non-hydrogen) atoms. The molecule has 2 aliphatic rings. The van der Waals surface area contributed by atoms with E-state index >= 15 is 0 Å². The standard InChI is InChI=1S/C14H20N4O4/c19-12(13(20)16-11-2-7-22-17-11)15-10-14(3-1-4-14)18-5-8-21-9-6-18/h2,7H,1,3-6,8-10H2,(H,15,19)(H,16,17,20). The van der Waals surface area contributed by atoms with Crippen LogP contribution in [0, 0.1) is 0 Å². The number of carbonyl (C=O) groups excluding carboxylic acids is 2. The van der Waals surface area contributed by atoms with Crippen LogP contribution in [0.15, 0.2) is 16.9 Å². The summed E-state index contributed by atoms with van der Waals surface area (Å²) in [7, 11) is 0. The van der Waals surface area contributed by atoms with Crippen molar-refractivity contribution in [2.45, 2.75) is 24.8 Å². The summed E-state index contributed by atoms with van der Waals surface area (Å²) in [6.07, 6.45) is 4.56. The molecule has 2 fully saturated rings. The molecule has 3 rings (SSSR count). The number of hydrogen-bond acceptors (Lipinski definition) is 6. The Balaban J connectivity index is 1.51. The first kappa shape index (κ1) is 15.0. The van der Waals surface area contributed by atoms with Gasteiger partial charge in [0.1, 0.15) is 6.26 Å². The zero-order valence-corrected chi connectivity index (χ0v) is 12.3. The fourth-order valence-corrected chi connectivity index (χ4v) is 3.00. The molecule has 0 unspecified atom stereocenters. The van der Waals surface area contributed by atoms with Crippen molar-refractivity contribution in [2.75, 3.05) is 38.2 Å². The lowest BCUT2D eigenvalue weighted by atomic mass is 9.75. The lowest BCUT2D eigenvalue weighted by Crippen LogP contribution is -2.63. The summed E-state index contributed by atoms with van der Waals surface area (Å²) in [5.74, 6) is -1.15. The minimum absolute atomic E-state index is 0.0202. The maximum atomic E-state index is 11.9. The molecule has 2 heterocycles. The van der Waals surface area contributed by atoms with Gasteiger partial charge in [-0.05, 0) is 19.3 Å². The molecule has 1 aromatic heterocycles. The van der Waals surface area contributed by atoms with E-state index < -0.39 is 11.8 Å². The molecule has 0 spiro atoms. The average Bonchev–Trinajstić information content (AvgIpc) is 3.00. The van der Waals surface area contributed by atoms with Gasteiger partial charge in [-0.15, -0.1) is 0 Å². The molecule has 120 valence electrons. The Morgan fingerprint density at radius 3 is 2.64 bits per heavy atom. The molecular weight excluding hydrogens is 288 g/mol.